The number of alkyl halides is 1. The van der Waals surface area contributed by atoms with Gasteiger partial charge in [-0.25, -0.2) is 0 Å². The highest BCUT2D eigenvalue weighted by molar-refractivity contribution is 6.27. The number of likely N-dealkylation sites (tertiary alicyclic amines) is 1. The molecule has 0 aliphatic carbocycles. The Balaban J connectivity index is 2.39. The molecule has 3 nitrogen and oxygen atoms in total. The summed E-state index contributed by atoms with van der Waals surface area (Å²) in [5.74, 6) is 0.0778. The highest BCUT2D eigenvalue weighted by Crippen LogP contribution is 2.08. The van der Waals surface area contributed by atoms with E-state index in [2.05, 4.69) is 0 Å². The molecule has 64 valence electrons. The molecule has 1 rings (SSSR count). The minimum Gasteiger partial charge on any atom is -0.340 e. The van der Waals surface area contributed by atoms with Gasteiger partial charge in [-0.1, -0.05) is 0 Å². The van der Waals surface area contributed by atoms with Crippen molar-refractivity contribution in [1.29, 1.82) is 0 Å². The van der Waals surface area contributed by atoms with Crippen molar-refractivity contribution in [3.63, 3.8) is 0 Å². The predicted octanol–water partition coefficient (Wildman–Crippen LogP) is 0.175. The number of piperidine rings is 1. The summed E-state index contributed by atoms with van der Waals surface area (Å²) in [5.41, 5.74) is 5.68. The van der Waals surface area contributed by atoms with Gasteiger partial charge in [0.2, 0.25) is 5.91 Å². The maximum absolute atomic E-state index is 11.1. The lowest BCUT2D eigenvalue weighted by Gasteiger charge is -2.30. The molecule has 0 spiro atoms. The largest absolute Gasteiger partial charge is 0.340 e. The lowest BCUT2D eigenvalue weighted by atomic mass is 10.1. The fourth-order valence-electron chi connectivity index (χ4n) is 1.32. The minimum absolute atomic E-state index is 0.00168. The van der Waals surface area contributed by atoms with Gasteiger partial charge in [-0.3, -0.25) is 4.79 Å². The minimum atomic E-state index is 0.00168. The van der Waals surface area contributed by atoms with Crippen LogP contribution in [0.3, 0.4) is 0 Å². The topological polar surface area (TPSA) is 46.3 Å². The second kappa shape index (κ2) is 3.93. The Morgan fingerprint density at radius 3 is 3.00 bits per heavy atom. The zero-order valence-electron chi connectivity index (χ0n) is 6.42. The van der Waals surface area contributed by atoms with Gasteiger partial charge in [0.25, 0.3) is 0 Å². The summed E-state index contributed by atoms with van der Waals surface area (Å²) in [5, 5.41) is 0. The van der Waals surface area contributed by atoms with E-state index < -0.39 is 0 Å². The highest BCUT2D eigenvalue weighted by Gasteiger charge is 2.19. The molecule has 0 aromatic rings. The number of carbonyl (C=O) groups is 1. The fourth-order valence-corrected chi connectivity index (χ4v) is 1.49. The molecule has 0 unspecified atom stereocenters. The summed E-state index contributed by atoms with van der Waals surface area (Å²) < 4.78 is 0. The Bertz CT molecular complexity index is 151. The summed E-state index contributed by atoms with van der Waals surface area (Å²) in [7, 11) is 0. The lowest BCUT2D eigenvalue weighted by Crippen LogP contribution is -2.46. The normalized spacial score (nSPS) is 25.3. The van der Waals surface area contributed by atoms with E-state index >= 15 is 0 Å². The first-order chi connectivity index (χ1) is 5.24. The van der Waals surface area contributed by atoms with Crippen LogP contribution in [-0.2, 0) is 4.79 Å². The van der Waals surface area contributed by atoms with Gasteiger partial charge in [-0.05, 0) is 12.8 Å². The highest BCUT2D eigenvalue weighted by atomic mass is 35.5. The van der Waals surface area contributed by atoms with E-state index in [0.717, 1.165) is 19.4 Å². The lowest BCUT2D eigenvalue weighted by molar-refractivity contribution is -0.129. The molecule has 0 radical (unpaired) electrons. The van der Waals surface area contributed by atoms with Crippen molar-refractivity contribution in [2.45, 2.75) is 18.9 Å². The van der Waals surface area contributed by atoms with E-state index in [1.54, 1.807) is 4.90 Å². The van der Waals surface area contributed by atoms with E-state index in [4.69, 9.17) is 17.3 Å². The van der Waals surface area contributed by atoms with Crippen LogP contribution in [0.1, 0.15) is 12.8 Å². The molecular weight excluding hydrogens is 164 g/mol. The van der Waals surface area contributed by atoms with Crippen LogP contribution in [-0.4, -0.2) is 35.8 Å². The average Bonchev–Trinajstić information content (AvgIpc) is 2.03. The van der Waals surface area contributed by atoms with E-state index in [9.17, 15) is 4.79 Å². The third kappa shape index (κ3) is 2.34. The number of halogens is 1. The fraction of sp³-hybridized carbons (Fsp3) is 0.857. The van der Waals surface area contributed by atoms with Crippen molar-refractivity contribution in [3.05, 3.63) is 0 Å². The Labute approximate surface area is 71.5 Å². The number of hydrogen-bond donors (Lipinski definition) is 1. The Morgan fingerprint density at radius 1 is 1.73 bits per heavy atom. The molecule has 0 aromatic carbocycles. The van der Waals surface area contributed by atoms with Crippen LogP contribution in [0.2, 0.25) is 0 Å². The van der Waals surface area contributed by atoms with Crippen molar-refractivity contribution < 1.29 is 4.79 Å². The van der Waals surface area contributed by atoms with Crippen LogP contribution in [0.25, 0.3) is 0 Å². The third-order valence-corrected chi connectivity index (χ3v) is 2.15. The van der Waals surface area contributed by atoms with Crippen LogP contribution < -0.4 is 5.73 Å². The Hall–Kier alpha value is -0.280. The molecule has 0 aromatic heterocycles. The second-order valence-corrected chi connectivity index (χ2v) is 3.14. The average molecular weight is 177 g/mol. The van der Waals surface area contributed by atoms with Crippen molar-refractivity contribution in [3.8, 4) is 0 Å². The second-order valence-electron chi connectivity index (χ2n) is 2.88. The smallest absolute Gasteiger partial charge is 0.237 e. The maximum atomic E-state index is 11.1. The van der Waals surface area contributed by atoms with E-state index in [1.165, 1.54) is 0 Å². The molecule has 2 N–H and O–H groups in total. The molecule has 1 amide bonds. The van der Waals surface area contributed by atoms with Crippen LogP contribution in [0.15, 0.2) is 0 Å². The van der Waals surface area contributed by atoms with E-state index in [-0.39, 0.29) is 17.8 Å². The standard InChI is InChI=1S/C7H13ClN2O/c8-4-7(11)10-3-1-2-6(9)5-10/h6H,1-5,9H2/t6-/m1/s1. The van der Waals surface area contributed by atoms with E-state index in [0.29, 0.717) is 6.54 Å². The van der Waals surface area contributed by atoms with Crippen LogP contribution >= 0.6 is 11.6 Å². The quantitative estimate of drug-likeness (QED) is 0.580. The summed E-state index contributed by atoms with van der Waals surface area (Å²) >= 11 is 5.40. The zero-order valence-corrected chi connectivity index (χ0v) is 7.18. The number of hydrogen-bond acceptors (Lipinski definition) is 2. The number of carbonyl (C=O) groups excluding carboxylic acids is 1. The summed E-state index contributed by atoms with van der Waals surface area (Å²) in [4.78, 5) is 12.8. The van der Waals surface area contributed by atoms with Gasteiger partial charge < -0.3 is 10.6 Å². The molecule has 11 heavy (non-hydrogen) atoms. The molecule has 1 fully saturated rings. The van der Waals surface area contributed by atoms with E-state index in [1.807, 2.05) is 0 Å². The summed E-state index contributed by atoms with van der Waals surface area (Å²) in [6.07, 6.45) is 2.02. The number of rotatable bonds is 1. The molecule has 0 saturated carbocycles. The first kappa shape index (κ1) is 8.81. The summed E-state index contributed by atoms with van der Waals surface area (Å²) in [6.45, 7) is 1.49. The molecular formula is C7H13ClN2O. The third-order valence-electron chi connectivity index (χ3n) is 1.92. The number of nitrogens with two attached hydrogens (primary N) is 1. The number of nitrogens with zero attached hydrogens (tertiary/aromatic N) is 1. The monoisotopic (exact) mass is 176 g/mol. The SMILES string of the molecule is N[C@@H]1CCCN(C(=O)CCl)C1. The van der Waals surface area contributed by atoms with Gasteiger partial charge in [-0.15, -0.1) is 11.6 Å². The first-order valence-electron chi connectivity index (χ1n) is 3.83. The molecule has 1 aliphatic heterocycles. The van der Waals surface area contributed by atoms with Crippen molar-refractivity contribution in [2.24, 2.45) is 5.73 Å². The Morgan fingerprint density at radius 2 is 2.45 bits per heavy atom. The van der Waals surface area contributed by atoms with Gasteiger partial charge in [0.15, 0.2) is 0 Å². The van der Waals surface area contributed by atoms with Crippen molar-refractivity contribution in [1.82, 2.24) is 4.90 Å². The van der Waals surface area contributed by atoms with Crippen LogP contribution in [0, 0.1) is 0 Å². The summed E-state index contributed by atoms with van der Waals surface area (Å²) in [6, 6.07) is 0.149. The molecule has 1 saturated heterocycles. The molecule has 1 heterocycles. The molecule has 1 atom stereocenters. The van der Waals surface area contributed by atoms with Crippen molar-refractivity contribution in [2.75, 3.05) is 19.0 Å². The van der Waals surface area contributed by atoms with Crippen LogP contribution in [0.5, 0.6) is 0 Å². The zero-order chi connectivity index (χ0) is 8.27. The maximum Gasteiger partial charge on any atom is 0.237 e. The number of amides is 1. The van der Waals surface area contributed by atoms with Crippen molar-refractivity contribution >= 4 is 17.5 Å². The van der Waals surface area contributed by atoms with Gasteiger partial charge in [0.05, 0.1) is 0 Å². The van der Waals surface area contributed by atoms with Gasteiger partial charge in [0, 0.05) is 19.1 Å². The molecule has 1 aliphatic rings. The molecule has 4 heteroatoms. The first-order valence-corrected chi connectivity index (χ1v) is 4.37. The van der Waals surface area contributed by atoms with Gasteiger partial charge >= 0.3 is 0 Å². The predicted molar refractivity (Wildman–Crippen MR) is 44.5 cm³/mol. The van der Waals surface area contributed by atoms with Gasteiger partial charge in [-0.2, -0.15) is 0 Å². The van der Waals surface area contributed by atoms with Crippen LogP contribution in [0.4, 0.5) is 0 Å². The Kier molecular flexibility index (Phi) is 3.15. The molecule has 0 bridgehead atoms. The van der Waals surface area contributed by atoms with Gasteiger partial charge in [0.1, 0.15) is 5.88 Å².